The Morgan fingerprint density at radius 1 is 1.73 bits per heavy atom. The zero-order valence-electron chi connectivity index (χ0n) is 6.45. The lowest BCUT2D eigenvalue weighted by atomic mass is 10.2. The van der Waals surface area contributed by atoms with Crippen LogP contribution in [0, 0.1) is 6.92 Å². The van der Waals surface area contributed by atoms with Crippen LogP contribution in [0.5, 0.6) is 0 Å². The number of carbonyl (C=O) groups excluding carboxylic acids is 1. The minimum atomic E-state index is -0.479. The average Bonchev–Trinajstić information content (AvgIpc) is 2.04. The van der Waals surface area contributed by atoms with Gasteiger partial charge < -0.3 is 9.84 Å². The Hall–Kier alpha value is -0.830. The standard InChI is InChI=1S/C8H13O3/c1-3-7(9)5-6-11-8(10)4-2/h4,7,9H,1-3,5-6H2. The van der Waals surface area contributed by atoms with Gasteiger partial charge in [0.15, 0.2) is 0 Å². The van der Waals surface area contributed by atoms with Gasteiger partial charge in [0, 0.05) is 12.5 Å². The van der Waals surface area contributed by atoms with E-state index in [9.17, 15) is 4.79 Å². The summed E-state index contributed by atoms with van der Waals surface area (Å²) in [4.78, 5) is 10.4. The molecule has 0 aliphatic rings. The van der Waals surface area contributed by atoms with Gasteiger partial charge in [0.25, 0.3) is 0 Å². The Kier molecular flexibility index (Phi) is 5.47. The largest absolute Gasteiger partial charge is 0.462 e. The summed E-state index contributed by atoms with van der Waals surface area (Å²) in [5.41, 5.74) is 0. The van der Waals surface area contributed by atoms with E-state index in [0.29, 0.717) is 12.8 Å². The van der Waals surface area contributed by atoms with Gasteiger partial charge in [-0.2, -0.15) is 0 Å². The molecule has 0 heterocycles. The fraction of sp³-hybridized carbons (Fsp3) is 0.500. The van der Waals surface area contributed by atoms with Crippen LogP contribution in [0.15, 0.2) is 12.7 Å². The second kappa shape index (κ2) is 5.92. The van der Waals surface area contributed by atoms with Crippen molar-refractivity contribution in [3.8, 4) is 0 Å². The van der Waals surface area contributed by atoms with Crippen molar-refractivity contribution in [3.63, 3.8) is 0 Å². The van der Waals surface area contributed by atoms with Crippen LogP contribution in [0.4, 0.5) is 0 Å². The number of hydrogen-bond donors (Lipinski definition) is 1. The first-order valence-electron chi connectivity index (χ1n) is 3.47. The molecule has 0 aliphatic carbocycles. The van der Waals surface area contributed by atoms with Crippen LogP contribution >= 0.6 is 0 Å². The summed E-state index contributed by atoms with van der Waals surface area (Å²) in [7, 11) is 0. The third kappa shape index (κ3) is 5.61. The highest BCUT2D eigenvalue weighted by Crippen LogP contribution is 1.96. The number of carbonyl (C=O) groups is 1. The lowest BCUT2D eigenvalue weighted by Crippen LogP contribution is -2.11. The van der Waals surface area contributed by atoms with E-state index in [1.165, 1.54) is 0 Å². The number of esters is 1. The maximum absolute atomic E-state index is 10.4. The van der Waals surface area contributed by atoms with Gasteiger partial charge in [-0.1, -0.05) is 13.5 Å². The minimum Gasteiger partial charge on any atom is -0.462 e. The zero-order valence-corrected chi connectivity index (χ0v) is 6.45. The molecule has 63 valence electrons. The van der Waals surface area contributed by atoms with Crippen LogP contribution in [0.3, 0.4) is 0 Å². The van der Waals surface area contributed by atoms with Crippen molar-refractivity contribution in [2.75, 3.05) is 6.61 Å². The predicted octanol–water partition coefficient (Wildman–Crippen LogP) is 0.691. The smallest absolute Gasteiger partial charge is 0.330 e. The third-order valence-corrected chi connectivity index (χ3v) is 1.20. The van der Waals surface area contributed by atoms with Crippen LogP contribution in [0.2, 0.25) is 0 Å². The molecule has 1 radical (unpaired) electrons. The quantitative estimate of drug-likeness (QED) is 0.472. The molecule has 0 amide bonds. The van der Waals surface area contributed by atoms with Crippen LogP contribution in [-0.4, -0.2) is 23.8 Å². The molecule has 1 unspecified atom stereocenters. The van der Waals surface area contributed by atoms with E-state index in [1.807, 2.05) is 0 Å². The molecule has 0 bridgehead atoms. The number of aliphatic hydroxyl groups is 1. The summed E-state index contributed by atoms with van der Waals surface area (Å²) in [6.07, 6.45) is 1.48. The number of hydrogen-bond acceptors (Lipinski definition) is 3. The Morgan fingerprint density at radius 2 is 2.36 bits per heavy atom. The molecule has 0 spiro atoms. The number of aliphatic hydroxyl groups excluding tert-OH is 1. The highest BCUT2D eigenvalue weighted by molar-refractivity contribution is 5.81. The van der Waals surface area contributed by atoms with E-state index < -0.39 is 12.1 Å². The maximum Gasteiger partial charge on any atom is 0.330 e. The molecule has 0 aromatic heterocycles. The molecular weight excluding hydrogens is 144 g/mol. The lowest BCUT2D eigenvalue weighted by Gasteiger charge is -2.06. The molecule has 11 heavy (non-hydrogen) atoms. The summed E-state index contributed by atoms with van der Waals surface area (Å²) in [5, 5.41) is 8.96. The van der Waals surface area contributed by atoms with Crippen LogP contribution < -0.4 is 0 Å². The topological polar surface area (TPSA) is 46.5 Å². The summed E-state index contributed by atoms with van der Waals surface area (Å²) in [5.74, 6) is -0.457. The van der Waals surface area contributed by atoms with Gasteiger partial charge in [0.2, 0.25) is 0 Å². The van der Waals surface area contributed by atoms with Crippen molar-refractivity contribution < 1.29 is 14.6 Å². The maximum atomic E-state index is 10.4. The molecule has 0 fully saturated rings. The summed E-state index contributed by atoms with van der Waals surface area (Å²) >= 11 is 0. The van der Waals surface area contributed by atoms with Gasteiger partial charge in [-0.15, -0.1) is 0 Å². The molecule has 0 rings (SSSR count). The number of rotatable bonds is 5. The Balaban J connectivity index is 3.26. The number of ether oxygens (including phenoxy) is 1. The average molecular weight is 157 g/mol. The molecular formula is C8H13O3. The summed E-state index contributed by atoms with van der Waals surface area (Å²) in [6, 6.07) is 0. The Bertz CT molecular complexity index is 131. The van der Waals surface area contributed by atoms with Crippen LogP contribution in [0.1, 0.15) is 12.8 Å². The second-order valence-electron chi connectivity index (χ2n) is 2.10. The van der Waals surface area contributed by atoms with Gasteiger partial charge in [-0.05, 0) is 6.42 Å². The van der Waals surface area contributed by atoms with E-state index in [2.05, 4.69) is 18.2 Å². The predicted molar refractivity (Wildman–Crippen MR) is 41.8 cm³/mol. The van der Waals surface area contributed by atoms with E-state index in [1.54, 1.807) is 0 Å². The molecule has 0 aromatic rings. The van der Waals surface area contributed by atoms with Gasteiger partial charge in [-0.25, -0.2) is 4.79 Å². The molecule has 0 saturated heterocycles. The normalized spacial score (nSPS) is 12.2. The van der Waals surface area contributed by atoms with Gasteiger partial charge >= 0.3 is 5.97 Å². The molecule has 1 N–H and O–H groups in total. The molecule has 3 nitrogen and oxygen atoms in total. The third-order valence-electron chi connectivity index (χ3n) is 1.20. The minimum absolute atomic E-state index is 0.224. The van der Waals surface area contributed by atoms with Crippen LogP contribution in [-0.2, 0) is 9.53 Å². The van der Waals surface area contributed by atoms with E-state index in [4.69, 9.17) is 5.11 Å². The fourth-order valence-electron chi connectivity index (χ4n) is 0.499. The molecule has 3 heteroatoms. The van der Waals surface area contributed by atoms with E-state index in [0.717, 1.165) is 6.08 Å². The molecule has 1 atom stereocenters. The van der Waals surface area contributed by atoms with E-state index in [-0.39, 0.29) is 6.61 Å². The van der Waals surface area contributed by atoms with E-state index >= 15 is 0 Å². The molecule has 0 saturated carbocycles. The van der Waals surface area contributed by atoms with Crippen LogP contribution in [0.25, 0.3) is 0 Å². The van der Waals surface area contributed by atoms with Crippen molar-refractivity contribution >= 4 is 5.97 Å². The Morgan fingerprint density at radius 3 is 2.82 bits per heavy atom. The monoisotopic (exact) mass is 157 g/mol. The van der Waals surface area contributed by atoms with Gasteiger partial charge in [-0.3, -0.25) is 0 Å². The van der Waals surface area contributed by atoms with Crippen molar-refractivity contribution in [1.82, 2.24) is 0 Å². The second-order valence-corrected chi connectivity index (χ2v) is 2.10. The first kappa shape index (κ1) is 10.2. The van der Waals surface area contributed by atoms with Crippen molar-refractivity contribution in [1.29, 1.82) is 0 Å². The zero-order chi connectivity index (χ0) is 8.69. The molecule has 0 aliphatic heterocycles. The Labute approximate surface area is 66.7 Å². The van der Waals surface area contributed by atoms with Crippen molar-refractivity contribution in [2.45, 2.75) is 18.9 Å². The SMILES string of the molecule is [CH2]CC(O)CCOC(=O)C=C. The van der Waals surface area contributed by atoms with Crippen molar-refractivity contribution in [2.24, 2.45) is 0 Å². The first-order chi connectivity index (χ1) is 5.20. The van der Waals surface area contributed by atoms with Gasteiger partial charge in [0.1, 0.15) is 0 Å². The first-order valence-corrected chi connectivity index (χ1v) is 3.47. The summed E-state index contributed by atoms with van der Waals surface area (Å²) < 4.78 is 4.62. The summed E-state index contributed by atoms with van der Waals surface area (Å²) in [6.45, 7) is 6.95. The molecule has 0 aromatic carbocycles. The highest BCUT2D eigenvalue weighted by atomic mass is 16.5. The fourth-order valence-corrected chi connectivity index (χ4v) is 0.499. The highest BCUT2D eigenvalue weighted by Gasteiger charge is 2.01. The van der Waals surface area contributed by atoms with Crippen molar-refractivity contribution in [3.05, 3.63) is 19.6 Å². The lowest BCUT2D eigenvalue weighted by molar-refractivity contribution is -0.138. The van der Waals surface area contributed by atoms with Gasteiger partial charge in [0.05, 0.1) is 12.7 Å².